The van der Waals surface area contributed by atoms with E-state index in [-0.39, 0.29) is 5.91 Å². The molecule has 7 heteroatoms. The Morgan fingerprint density at radius 3 is 2.47 bits per heavy atom. The summed E-state index contributed by atoms with van der Waals surface area (Å²) in [6.45, 7) is 2.83. The van der Waals surface area contributed by atoms with Crippen molar-refractivity contribution in [2.45, 2.75) is 0 Å². The van der Waals surface area contributed by atoms with Crippen molar-refractivity contribution in [3.8, 4) is 28.5 Å². The van der Waals surface area contributed by atoms with Gasteiger partial charge in [-0.25, -0.2) is 4.98 Å². The van der Waals surface area contributed by atoms with E-state index in [4.69, 9.17) is 9.15 Å². The highest BCUT2D eigenvalue weighted by Crippen LogP contribution is 2.30. The zero-order valence-electron chi connectivity index (χ0n) is 18.8. The lowest BCUT2D eigenvalue weighted by molar-refractivity contribution is 0.0747. The van der Waals surface area contributed by atoms with Crippen LogP contribution in [-0.2, 0) is 0 Å². The lowest BCUT2D eigenvalue weighted by Crippen LogP contribution is -2.48. The number of carbonyl (C=O) groups excluding carboxylic acids is 1. The van der Waals surface area contributed by atoms with Crippen LogP contribution in [0.25, 0.3) is 22.8 Å². The third-order valence-corrected chi connectivity index (χ3v) is 6.50. The monoisotopic (exact) mass is 517 g/mol. The molecule has 1 aliphatic rings. The summed E-state index contributed by atoms with van der Waals surface area (Å²) in [5.74, 6) is 1.93. The van der Waals surface area contributed by atoms with Crippen molar-refractivity contribution in [1.82, 2.24) is 9.88 Å². The molecular formula is C27H24BrN3O3. The topological polar surface area (TPSA) is 58.8 Å². The maximum atomic E-state index is 13.5. The highest BCUT2D eigenvalue weighted by molar-refractivity contribution is 9.10. The lowest BCUT2D eigenvalue weighted by atomic mass is 10.1. The molecule has 0 unspecified atom stereocenters. The molecule has 4 aromatic rings. The van der Waals surface area contributed by atoms with Crippen LogP contribution in [0, 0.1) is 0 Å². The van der Waals surface area contributed by atoms with Crippen LogP contribution >= 0.6 is 15.9 Å². The first-order chi connectivity index (χ1) is 16.6. The average molecular weight is 518 g/mol. The number of nitrogens with zero attached hydrogens (tertiary/aromatic N) is 3. The van der Waals surface area contributed by atoms with Gasteiger partial charge >= 0.3 is 0 Å². The molecule has 1 aliphatic heterocycles. The molecule has 1 fully saturated rings. The van der Waals surface area contributed by atoms with Crippen LogP contribution in [0.15, 0.2) is 87.9 Å². The normalized spacial score (nSPS) is 13.7. The SMILES string of the molecule is COc1ccc(N2CCN(C(=O)c3ccccc3-c3ncc(-c4cccc(Br)c4)o3)CC2)cc1. The fraction of sp³-hybridized carbons (Fsp3) is 0.185. The van der Waals surface area contributed by atoms with E-state index in [9.17, 15) is 4.79 Å². The Bertz CT molecular complexity index is 1290. The number of anilines is 1. The maximum Gasteiger partial charge on any atom is 0.254 e. The number of oxazole rings is 1. The van der Waals surface area contributed by atoms with Gasteiger partial charge in [0.2, 0.25) is 5.89 Å². The van der Waals surface area contributed by atoms with Gasteiger partial charge in [0.1, 0.15) is 5.75 Å². The molecule has 1 saturated heterocycles. The molecule has 0 N–H and O–H groups in total. The molecule has 5 rings (SSSR count). The summed E-state index contributed by atoms with van der Waals surface area (Å²) < 4.78 is 12.3. The smallest absolute Gasteiger partial charge is 0.254 e. The van der Waals surface area contributed by atoms with Crippen molar-refractivity contribution in [1.29, 1.82) is 0 Å². The molecule has 3 aromatic carbocycles. The minimum atomic E-state index is -0.00723. The molecule has 1 amide bonds. The number of methoxy groups -OCH3 is 1. The number of amides is 1. The zero-order chi connectivity index (χ0) is 23.5. The van der Waals surface area contributed by atoms with Gasteiger partial charge in [-0.05, 0) is 48.5 Å². The van der Waals surface area contributed by atoms with E-state index in [1.165, 1.54) is 0 Å². The van der Waals surface area contributed by atoms with Crippen molar-refractivity contribution in [3.63, 3.8) is 0 Å². The Labute approximate surface area is 206 Å². The molecule has 0 bridgehead atoms. The van der Waals surface area contributed by atoms with E-state index in [2.05, 4.69) is 37.9 Å². The van der Waals surface area contributed by atoms with Gasteiger partial charge in [0.05, 0.1) is 18.9 Å². The summed E-state index contributed by atoms with van der Waals surface area (Å²) in [6, 6.07) is 23.4. The summed E-state index contributed by atoms with van der Waals surface area (Å²) in [5, 5.41) is 0. The zero-order valence-corrected chi connectivity index (χ0v) is 20.4. The first kappa shape index (κ1) is 22.2. The number of halogens is 1. The molecule has 2 heterocycles. The van der Waals surface area contributed by atoms with E-state index < -0.39 is 0 Å². The first-order valence-electron chi connectivity index (χ1n) is 11.1. The fourth-order valence-electron chi connectivity index (χ4n) is 4.16. The Morgan fingerprint density at radius 1 is 0.971 bits per heavy atom. The summed E-state index contributed by atoms with van der Waals surface area (Å²) in [7, 11) is 1.66. The van der Waals surface area contributed by atoms with Crippen molar-refractivity contribution >= 4 is 27.5 Å². The molecule has 34 heavy (non-hydrogen) atoms. The largest absolute Gasteiger partial charge is 0.497 e. The van der Waals surface area contributed by atoms with Gasteiger partial charge in [-0.3, -0.25) is 4.79 Å². The van der Waals surface area contributed by atoms with E-state index in [1.54, 1.807) is 13.3 Å². The van der Waals surface area contributed by atoms with Gasteiger partial charge in [-0.1, -0.05) is 40.2 Å². The Hall–Kier alpha value is -3.58. The summed E-state index contributed by atoms with van der Waals surface area (Å²) in [4.78, 5) is 22.1. The van der Waals surface area contributed by atoms with Crippen LogP contribution in [0.3, 0.4) is 0 Å². The fourth-order valence-corrected chi connectivity index (χ4v) is 4.56. The number of carbonyl (C=O) groups is 1. The number of rotatable bonds is 5. The number of ether oxygens (including phenoxy) is 1. The first-order valence-corrected chi connectivity index (χ1v) is 11.9. The second-order valence-electron chi connectivity index (χ2n) is 8.06. The highest BCUT2D eigenvalue weighted by atomic mass is 79.9. The molecular weight excluding hydrogens is 494 g/mol. The van der Waals surface area contributed by atoms with Gasteiger partial charge in [-0.2, -0.15) is 0 Å². The molecule has 172 valence electrons. The van der Waals surface area contributed by atoms with Crippen LogP contribution < -0.4 is 9.64 Å². The molecule has 0 radical (unpaired) electrons. The summed E-state index contributed by atoms with van der Waals surface area (Å²) in [6.07, 6.45) is 1.70. The highest BCUT2D eigenvalue weighted by Gasteiger charge is 2.25. The molecule has 0 saturated carbocycles. The minimum absolute atomic E-state index is 0.00723. The second kappa shape index (κ2) is 9.73. The molecule has 0 spiro atoms. The van der Waals surface area contributed by atoms with E-state index >= 15 is 0 Å². The Morgan fingerprint density at radius 2 is 1.74 bits per heavy atom. The number of hydrogen-bond donors (Lipinski definition) is 0. The van der Waals surface area contributed by atoms with Crippen LogP contribution in [0.4, 0.5) is 5.69 Å². The standard InChI is InChI=1S/C27H24BrN3O3/c1-33-22-11-9-21(10-12-22)30-13-15-31(16-14-30)27(32)24-8-3-2-7-23(24)26-29-18-25(34-26)19-5-4-6-20(28)17-19/h2-12,17-18H,13-16H2,1H3. The van der Waals surface area contributed by atoms with Crippen molar-refractivity contribution in [2.24, 2.45) is 0 Å². The average Bonchev–Trinajstić information content (AvgIpc) is 3.39. The van der Waals surface area contributed by atoms with Crippen molar-refractivity contribution in [3.05, 3.63) is 89.0 Å². The second-order valence-corrected chi connectivity index (χ2v) is 8.98. The van der Waals surface area contributed by atoms with Gasteiger partial charge in [0.25, 0.3) is 5.91 Å². The predicted molar refractivity (Wildman–Crippen MR) is 136 cm³/mol. The van der Waals surface area contributed by atoms with Gasteiger partial charge in [0, 0.05) is 47.5 Å². The van der Waals surface area contributed by atoms with Crippen LogP contribution in [0.1, 0.15) is 10.4 Å². The van der Waals surface area contributed by atoms with E-state index in [0.717, 1.165) is 34.6 Å². The van der Waals surface area contributed by atoms with Gasteiger partial charge < -0.3 is 19.0 Å². The predicted octanol–water partition coefficient (Wildman–Crippen LogP) is 5.74. The Kier molecular flexibility index (Phi) is 6.36. The quantitative estimate of drug-likeness (QED) is 0.337. The number of hydrogen-bond acceptors (Lipinski definition) is 5. The van der Waals surface area contributed by atoms with E-state index in [0.29, 0.717) is 35.9 Å². The lowest BCUT2D eigenvalue weighted by Gasteiger charge is -2.36. The molecule has 0 aliphatic carbocycles. The molecule has 0 atom stereocenters. The van der Waals surface area contributed by atoms with Crippen LogP contribution in [-0.4, -0.2) is 49.1 Å². The van der Waals surface area contributed by atoms with Gasteiger partial charge in [-0.15, -0.1) is 0 Å². The minimum Gasteiger partial charge on any atom is -0.497 e. The van der Waals surface area contributed by atoms with Gasteiger partial charge in [0.15, 0.2) is 5.76 Å². The van der Waals surface area contributed by atoms with Crippen LogP contribution in [0.5, 0.6) is 5.75 Å². The third kappa shape index (κ3) is 4.56. The Balaban J connectivity index is 1.32. The summed E-state index contributed by atoms with van der Waals surface area (Å²) in [5.41, 5.74) is 3.36. The van der Waals surface area contributed by atoms with E-state index in [1.807, 2.05) is 65.6 Å². The maximum absolute atomic E-state index is 13.5. The molecule has 1 aromatic heterocycles. The molecule has 6 nitrogen and oxygen atoms in total. The number of benzene rings is 3. The number of aromatic nitrogens is 1. The van der Waals surface area contributed by atoms with Crippen molar-refractivity contribution < 1.29 is 13.9 Å². The third-order valence-electron chi connectivity index (χ3n) is 6.01. The number of piperazine rings is 1. The summed E-state index contributed by atoms with van der Waals surface area (Å²) >= 11 is 3.49. The van der Waals surface area contributed by atoms with Crippen molar-refractivity contribution in [2.75, 3.05) is 38.2 Å². The van der Waals surface area contributed by atoms with Crippen LogP contribution in [0.2, 0.25) is 0 Å².